The summed E-state index contributed by atoms with van der Waals surface area (Å²) in [5.41, 5.74) is 0.967. The van der Waals surface area contributed by atoms with Crippen LogP contribution in [0.5, 0.6) is 0 Å². The summed E-state index contributed by atoms with van der Waals surface area (Å²) in [6.07, 6.45) is -0.422. The molecule has 2 aromatic rings. The van der Waals surface area contributed by atoms with Crippen LogP contribution in [-0.4, -0.2) is 57.1 Å². The standard InChI is InChI=1S/C23H31N3O6S2/c1-16-14-26(15-17(2)32-16)33(28,29)21-8-6-7-20(13-21)24-22(27)18-9-11-19(12-10-18)25-34(30,31)23(3,4)5/h6-13,16-17,25H,14-15H2,1-5H3,(H,24,27)/t16-,17+. The van der Waals surface area contributed by atoms with E-state index in [1.807, 2.05) is 13.8 Å². The first kappa shape index (κ1) is 26.1. The summed E-state index contributed by atoms with van der Waals surface area (Å²) in [4.78, 5) is 12.8. The number of nitrogens with zero attached hydrogens (tertiary/aromatic N) is 1. The number of carbonyl (C=O) groups excluding carboxylic acids is 1. The molecule has 0 aromatic heterocycles. The van der Waals surface area contributed by atoms with Crippen LogP contribution in [-0.2, 0) is 24.8 Å². The lowest BCUT2D eigenvalue weighted by Crippen LogP contribution is -2.48. The van der Waals surface area contributed by atoms with Gasteiger partial charge in [-0.05, 0) is 77.1 Å². The Kier molecular flexibility index (Phi) is 7.42. The molecule has 34 heavy (non-hydrogen) atoms. The molecule has 0 saturated carbocycles. The fourth-order valence-electron chi connectivity index (χ4n) is 3.41. The lowest BCUT2D eigenvalue weighted by molar-refractivity contribution is -0.0440. The van der Waals surface area contributed by atoms with Crippen LogP contribution in [0.25, 0.3) is 0 Å². The third kappa shape index (κ3) is 5.96. The molecule has 9 nitrogen and oxygen atoms in total. The molecule has 11 heteroatoms. The van der Waals surface area contributed by atoms with Gasteiger partial charge in [-0.2, -0.15) is 4.31 Å². The largest absolute Gasteiger partial charge is 0.373 e. The first-order valence-corrected chi connectivity index (χ1v) is 13.8. The predicted molar refractivity (Wildman–Crippen MR) is 132 cm³/mol. The van der Waals surface area contributed by atoms with E-state index in [-0.39, 0.29) is 30.2 Å². The van der Waals surface area contributed by atoms with Crippen molar-refractivity contribution in [2.24, 2.45) is 0 Å². The summed E-state index contributed by atoms with van der Waals surface area (Å²) >= 11 is 0. The molecule has 2 aromatic carbocycles. The quantitative estimate of drug-likeness (QED) is 0.616. The number of anilines is 2. The first-order valence-electron chi connectivity index (χ1n) is 10.9. The lowest BCUT2D eigenvalue weighted by Gasteiger charge is -2.34. The van der Waals surface area contributed by atoms with E-state index in [1.54, 1.807) is 32.9 Å². The number of ether oxygens (including phenoxy) is 1. The molecule has 1 fully saturated rings. The molecule has 1 amide bonds. The Labute approximate surface area is 201 Å². The van der Waals surface area contributed by atoms with Crippen LogP contribution < -0.4 is 10.0 Å². The highest BCUT2D eigenvalue weighted by Gasteiger charge is 2.32. The van der Waals surface area contributed by atoms with E-state index in [0.29, 0.717) is 16.9 Å². The smallest absolute Gasteiger partial charge is 0.255 e. The van der Waals surface area contributed by atoms with Crippen molar-refractivity contribution in [1.82, 2.24) is 4.31 Å². The third-order valence-corrected chi connectivity index (χ3v) is 9.27. The number of morpholine rings is 1. The van der Waals surface area contributed by atoms with Gasteiger partial charge in [0.05, 0.1) is 21.9 Å². The summed E-state index contributed by atoms with van der Waals surface area (Å²) in [6.45, 7) is 8.94. The molecular weight excluding hydrogens is 478 g/mol. The Hall–Kier alpha value is -2.47. The van der Waals surface area contributed by atoms with Gasteiger partial charge < -0.3 is 10.1 Å². The van der Waals surface area contributed by atoms with Gasteiger partial charge in [-0.15, -0.1) is 0 Å². The molecule has 0 radical (unpaired) electrons. The molecule has 2 atom stereocenters. The average molecular weight is 510 g/mol. The fourth-order valence-corrected chi connectivity index (χ4v) is 5.80. The highest BCUT2D eigenvalue weighted by Crippen LogP contribution is 2.24. The lowest BCUT2D eigenvalue weighted by atomic mass is 10.2. The van der Waals surface area contributed by atoms with Crippen LogP contribution >= 0.6 is 0 Å². The Morgan fingerprint density at radius 2 is 1.53 bits per heavy atom. The number of carbonyl (C=O) groups is 1. The molecule has 1 heterocycles. The van der Waals surface area contributed by atoms with Gasteiger partial charge in [-0.3, -0.25) is 9.52 Å². The topological polar surface area (TPSA) is 122 Å². The van der Waals surface area contributed by atoms with Gasteiger partial charge in [0.2, 0.25) is 20.0 Å². The van der Waals surface area contributed by atoms with E-state index in [9.17, 15) is 21.6 Å². The van der Waals surface area contributed by atoms with Crippen molar-refractivity contribution in [3.63, 3.8) is 0 Å². The van der Waals surface area contributed by atoms with E-state index in [2.05, 4.69) is 10.0 Å². The van der Waals surface area contributed by atoms with Crippen LogP contribution in [0.4, 0.5) is 11.4 Å². The maximum absolute atomic E-state index is 13.1. The van der Waals surface area contributed by atoms with Crippen molar-refractivity contribution < 1.29 is 26.4 Å². The van der Waals surface area contributed by atoms with Crippen molar-refractivity contribution in [3.8, 4) is 0 Å². The second-order valence-electron chi connectivity index (χ2n) is 9.36. The van der Waals surface area contributed by atoms with E-state index in [4.69, 9.17) is 4.74 Å². The molecule has 0 bridgehead atoms. The van der Waals surface area contributed by atoms with Crippen LogP contribution in [0.1, 0.15) is 45.0 Å². The van der Waals surface area contributed by atoms with Gasteiger partial charge in [0.1, 0.15) is 0 Å². The molecule has 186 valence electrons. The van der Waals surface area contributed by atoms with Gasteiger partial charge in [0.15, 0.2) is 0 Å². The molecule has 0 unspecified atom stereocenters. The van der Waals surface area contributed by atoms with Crippen molar-refractivity contribution in [1.29, 1.82) is 0 Å². The predicted octanol–water partition coefficient (Wildman–Crippen LogP) is 3.28. The van der Waals surface area contributed by atoms with E-state index < -0.39 is 30.7 Å². The fraction of sp³-hybridized carbons (Fsp3) is 0.435. The number of hydrogen-bond acceptors (Lipinski definition) is 6. The average Bonchev–Trinajstić information content (AvgIpc) is 2.72. The SMILES string of the molecule is C[C@@H]1CN(S(=O)(=O)c2cccc(NC(=O)c3ccc(NS(=O)(=O)C(C)(C)C)cc3)c2)C[C@H](C)O1. The Balaban J connectivity index is 1.73. The number of amides is 1. The van der Waals surface area contributed by atoms with E-state index in [1.165, 1.54) is 40.7 Å². The summed E-state index contributed by atoms with van der Waals surface area (Å²) in [5.74, 6) is -0.451. The maximum atomic E-state index is 13.1. The Morgan fingerprint density at radius 3 is 2.09 bits per heavy atom. The number of nitrogens with one attached hydrogen (secondary N) is 2. The molecule has 0 spiro atoms. The van der Waals surface area contributed by atoms with Crippen molar-refractivity contribution >= 4 is 37.3 Å². The molecule has 0 aliphatic carbocycles. The Bertz CT molecular complexity index is 1240. The van der Waals surface area contributed by atoms with Crippen LogP contribution in [0.15, 0.2) is 53.4 Å². The van der Waals surface area contributed by atoms with Gasteiger partial charge >= 0.3 is 0 Å². The van der Waals surface area contributed by atoms with Crippen LogP contribution in [0.3, 0.4) is 0 Å². The second-order valence-corrected chi connectivity index (χ2v) is 13.7. The molecule has 2 N–H and O–H groups in total. The third-order valence-electron chi connectivity index (χ3n) is 5.32. The minimum atomic E-state index is -3.75. The minimum absolute atomic E-state index is 0.0820. The van der Waals surface area contributed by atoms with Gasteiger partial charge in [0.25, 0.3) is 5.91 Å². The zero-order chi connectivity index (χ0) is 25.3. The highest BCUT2D eigenvalue weighted by molar-refractivity contribution is 7.94. The van der Waals surface area contributed by atoms with Gasteiger partial charge in [-0.25, -0.2) is 16.8 Å². The normalized spacial score (nSPS) is 20.0. The molecule has 3 rings (SSSR count). The molecule has 1 aliphatic rings. The summed E-state index contributed by atoms with van der Waals surface area (Å²) in [7, 11) is -7.34. The summed E-state index contributed by atoms with van der Waals surface area (Å²) in [5, 5.41) is 2.70. The first-order chi connectivity index (χ1) is 15.7. The molecule has 1 aliphatic heterocycles. The number of benzene rings is 2. The van der Waals surface area contributed by atoms with E-state index >= 15 is 0 Å². The monoisotopic (exact) mass is 509 g/mol. The van der Waals surface area contributed by atoms with Crippen molar-refractivity contribution in [3.05, 3.63) is 54.1 Å². The van der Waals surface area contributed by atoms with Gasteiger partial charge in [-0.1, -0.05) is 6.07 Å². The minimum Gasteiger partial charge on any atom is -0.373 e. The maximum Gasteiger partial charge on any atom is 0.255 e. The van der Waals surface area contributed by atoms with Crippen molar-refractivity contribution in [2.45, 2.75) is 56.5 Å². The number of rotatable bonds is 6. The zero-order valence-electron chi connectivity index (χ0n) is 19.9. The summed E-state index contributed by atoms with van der Waals surface area (Å²) < 4.78 is 59.3. The number of sulfonamides is 2. The van der Waals surface area contributed by atoms with Crippen molar-refractivity contribution in [2.75, 3.05) is 23.1 Å². The number of hydrogen-bond donors (Lipinski definition) is 2. The molecular formula is C23H31N3O6S2. The Morgan fingerprint density at radius 1 is 0.941 bits per heavy atom. The van der Waals surface area contributed by atoms with Crippen LogP contribution in [0.2, 0.25) is 0 Å². The van der Waals surface area contributed by atoms with Crippen LogP contribution in [0, 0.1) is 0 Å². The van der Waals surface area contributed by atoms with Gasteiger partial charge in [0, 0.05) is 30.0 Å². The molecule has 1 saturated heterocycles. The zero-order valence-corrected chi connectivity index (χ0v) is 21.5. The second kappa shape index (κ2) is 9.65. The summed E-state index contributed by atoms with van der Waals surface area (Å²) in [6, 6.07) is 12.1. The highest BCUT2D eigenvalue weighted by atomic mass is 32.2. The van der Waals surface area contributed by atoms with E-state index in [0.717, 1.165) is 0 Å².